The molecule has 1 aromatic rings. The van der Waals surface area contributed by atoms with E-state index in [1.165, 1.54) is 24.3 Å². The number of carbonyl (C=O) groups is 5. The van der Waals surface area contributed by atoms with Gasteiger partial charge < -0.3 is 42.7 Å². The van der Waals surface area contributed by atoms with E-state index in [0.29, 0.717) is 24.9 Å². The number of carbonyl (C=O) groups excluding carboxylic acids is 3. The number of amides is 3. The van der Waals surface area contributed by atoms with Crippen molar-refractivity contribution in [1.29, 1.82) is 0 Å². The van der Waals surface area contributed by atoms with E-state index in [0.717, 1.165) is 0 Å². The predicted octanol–water partition coefficient (Wildman–Crippen LogP) is -1.28. The third-order valence-corrected chi connectivity index (χ3v) is 5.76. The first-order valence-electron chi connectivity index (χ1n) is 11.7. The third-order valence-electron chi connectivity index (χ3n) is 5.39. The number of carboxylic acid groups (broad SMARTS) is 2. The number of nitrogens with one attached hydrogen (secondary N) is 3. The van der Waals surface area contributed by atoms with Crippen LogP contribution in [0, 0.1) is 0 Å². The van der Waals surface area contributed by atoms with Crippen LogP contribution in [-0.2, 0) is 30.4 Å². The second-order valence-corrected chi connectivity index (χ2v) is 8.76. The van der Waals surface area contributed by atoms with Crippen LogP contribution in [0.3, 0.4) is 0 Å². The van der Waals surface area contributed by atoms with Crippen LogP contribution in [-0.4, -0.2) is 81.4 Å². The third kappa shape index (κ3) is 11.9. The summed E-state index contributed by atoms with van der Waals surface area (Å²) in [6, 6.07) is 1.06. The van der Waals surface area contributed by atoms with E-state index in [4.69, 9.17) is 16.6 Å². The summed E-state index contributed by atoms with van der Waals surface area (Å²) in [5.41, 5.74) is 11.7. The summed E-state index contributed by atoms with van der Waals surface area (Å²) >= 11 is 4.07. The number of rotatable bonds is 17. The number of unbranched alkanes of at least 4 members (excludes halogenated alkanes) is 1. The van der Waals surface area contributed by atoms with Gasteiger partial charge in [-0.3, -0.25) is 19.2 Å². The zero-order valence-corrected chi connectivity index (χ0v) is 21.2. The molecule has 0 aliphatic carbocycles. The van der Waals surface area contributed by atoms with E-state index in [1.54, 1.807) is 0 Å². The van der Waals surface area contributed by atoms with Crippen molar-refractivity contribution in [3.05, 3.63) is 29.8 Å². The maximum absolute atomic E-state index is 13.0. The fourth-order valence-corrected chi connectivity index (χ4v) is 3.51. The van der Waals surface area contributed by atoms with Gasteiger partial charge in [-0.15, -0.1) is 0 Å². The van der Waals surface area contributed by atoms with E-state index < -0.39 is 53.8 Å². The molecule has 0 saturated heterocycles. The summed E-state index contributed by atoms with van der Waals surface area (Å²) in [6.45, 7) is 0.372. The Bertz CT molecular complexity index is 930. The number of nitrogens with two attached hydrogens (primary N) is 2. The lowest BCUT2D eigenvalue weighted by Crippen LogP contribution is -2.58. The molecule has 0 bridgehead atoms. The second-order valence-electron chi connectivity index (χ2n) is 8.40. The minimum Gasteiger partial charge on any atom is -0.508 e. The highest BCUT2D eigenvalue weighted by molar-refractivity contribution is 7.80. The molecule has 4 unspecified atom stereocenters. The van der Waals surface area contributed by atoms with Gasteiger partial charge >= 0.3 is 11.9 Å². The van der Waals surface area contributed by atoms with Crippen molar-refractivity contribution in [3.8, 4) is 5.75 Å². The van der Waals surface area contributed by atoms with Crippen LogP contribution < -0.4 is 27.4 Å². The molecule has 1 rings (SSSR count). The molecule has 0 aromatic heterocycles. The quantitative estimate of drug-likeness (QED) is 0.0837. The molecule has 0 radical (unpaired) electrons. The van der Waals surface area contributed by atoms with Gasteiger partial charge in [0.05, 0.1) is 6.04 Å². The SMILES string of the molecule is NCCCCC(NC(=O)C(Cc1ccc(O)cc1)NC(=O)C(CS)NC(=O)C(N)CCC(=O)O)C(=O)O. The summed E-state index contributed by atoms with van der Waals surface area (Å²) in [5.74, 6) is -4.83. The Morgan fingerprint density at radius 3 is 1.95 bits per heavy atom. The van der Waals surface area contributed by atoms with Gasteiger partial charge in [-0.05, 0) is 49.9 Å². The molecular weight excluding hydrogens is 506 g/mol. The monoisotopic (exact) mass is 541 g/mol. The number of phenolic OH excluding ortho intramolecular Hbond substituents is 1. The molecule has 0 aliphatic rings. The Kier molecular flexibility index (Phi) is 14.0. The van der Waals surface area contributed by atoms with Crippen molar-refractivity contribution in [3.63, 3.8) is 0 Å². The predicted molar refractivity (Wildman–Crippen MR) is 137 cm³/mol. The molecule has 0 heterocycles. The second kappa shape index (κ2) is 16.4. The molecule has 0 saturated carbocycles. The van der Waals surface area contributed by atoms with Crippen LogP contribution in [0.25, 0.3) is 0 Å². The fraction of sp³-hybridized carbons (Fsp3) is 0.522. The first-order chi connectivity index (χ1) is 17.5. The molecule has 1 aromatic carbocycles. The summed E-state index contributed by atoms with van der Waals surface area (Å²) in [6.07, 6.45) is 0.663. The highest BCUT2D eigenvalue weighted by atomic mass is 32.1. The molecular formula is C23H35N5O8S. The Labute approximate surface area is 219 Å². The first-order valence-corrected chi connectivity index (χ1v) is 12.3. The minimum absolute atomic E-state index is 0.00304. The van der Waals surface area contributed by atoms with Crippen molar-refractivity contribution in [1.82, 2.24) is 16.0 Å². The van der Waals surface area contributed by atoms with Gasteiger partial charge in [0.25, 0.3) is 0 Å². The summed E-state index contributed by atoms with van der Waals surface area (Å²) in [7, 11) is 0. The Morgan fingerprint density at radius 1 is 0.838 bits per heavy atom. The van der Waals surface area contributed by atoms with Crippen LogP contribution >= 0.6 is 12.6 Å². The lowest BCUT2D eigenvalue weighted by molar-refractivity contribution is -0.142. The fourth-order valence-electron chi connectivity index (χ4n) is 3.25. The van der Waals surface area contributed by atoms with Crippen molar-refractivity contribution >= 4 is 42.3 Å². The van der Waals surface area contributed by atoms with Crippen molar-refractivity contribution < 1.29 is 39.3 Å². The number of aromatic hydroxyl groups is 1. The summed E-state index contributed by atoms with van der Waals surface area (Å²) in [4.78, 5) is 60.6. The van der Waals surface area contributed by atoms with E-state index in [9.17, 15) is 34.2 Å². The number of thiol groups is 1. The number of hydrogen-bond donors (Lipinski definition) is 9. The highest BCUT2D eigenvalue weighted by Crippen LogP contribution is 2.12. The summed E-state index contributed by atoms with van der Waals surface area (Å²) < 4.78 is 0. The average Bonchev–Trinajstić information content (AvgIpc) is 2.85. The molecule has 0 aliphatic heterocycles. The van der Waals surface area contributed by atoms with Gasteiger partial charge in [-0.1, -0.05) is 12.1 Å². The lowest BCUT2D eigenvalue weighted by Gasteiger charge is -2.24. The molecule has 3 amide bonds. The molecule has 206 valence electrons. The van der Waals surface area contributed by atoms with Crippen LogP contribution in [0.2, 0.25) is 0 Å². The van der Waals surface area contributed by atoms with Crippen molar-refractivity contribution in [2.24, 2.45) is 11.5 Å². The highest BCUT2D eigenvalue weighted by Gasteiger charge is 2.30. The van der Waals surface area contributed by atoms with Crippen LogP contribution in [0.5, 0.6) is 5.75 Å². The number of benzene rings is 1. The molecule has 0 spiro atoms. The number of phenols is 1. The molecule has 14 heteroatoms. The zero-order chi connectivity index (χ0) is 28.0. The van der Waals surface area contributed by atoms with Crippen LogP contribution in [0.1, 0.15) is 37.7 Å². The topological polar surface area (TPSA) is 234 Å². The molecule has 10 N–H and O–H groups in total. The van der Waals surface area contributed by atoms with Crippen LogP contribution in [0.15, 0.2) is 24.3 Å². The average molecular weight is 542 g/mol. The van der Waals surface area contributed by atoms with Gasteiger partial charge in [0.2, 0.25) is 17.7 Å². The van der Waals surface area contributed by atoms with Crippen molar-refractivity contribution in [2.75, 3.05) is 12.3 Å². The summed E-state index contributed by atoms with van der Waals surface area (Å²) in [5, 5.41) is 35.1. The molecule has 13 nitrogen and oxygen atoms in total. The normalized spacial score (nSPS) is 14.0. The first kappa shape index (κ1) is 31.7. The standard InChI is InChI=1S/C23H35N5O8S/c24-10-2-1-3-16(23(35)36)26-21(33)17(11-13-4-6-14(29)7-5-13)27-22(34)18(12-37)28-20(32)15(25)8-9-19(30)31/h4-7,15-18,29,37H,1-3,8-12,24-25H2,(H,26,33)(H,27,34)(H,28,32)(H,30,31)(H,35,36). The minimum atomic E-state index is -1.24. The Morgan fingerprint density at radius 2 is 1.41 bits per heavy atom. The van der Waals surface area contributed by atoms with Gasteiger partial charge in [0, 0.05) is 18.6 Å². The number of aliphatic carboxylic acids is 2. The lowest BCUT2D eigenvalue weighted by atomic mass is 10.0. The maximum Gasteiger partial charge on any atom is 0.326 e. The molecule has 4 atom stereocenters. The number of carboxylic acids is 2. The van der Waals surface area contributed by atoms with E-state index >= 15 is 0 Å². The van der Waals surface area contributed by atoms with Gasteiger partial charge in [-0.25, -0.2) is 4.79 Å². The van der Waals surface area contributed by atoms with Gasteiger partial charge in [-0.2, -0.15) is 12.6 Å². The molecule has 0 fully saturated rings. The molecule has 37 heavy (non-hydrogen) atoms. The Balaban J connectivity index is 3.00. The van der Waals surface area contributed by atoms with Crippen molar-refractivity contribution in [2.45, 2.75) is 62.7 Å². The zero-order valence-electron chi connectivity index (χ0n) is 20.3. The van der Waals surface area contributed by atoms with E-state index in [2.05, 4.69) is 28.6 Å². The van der Waals surface area contributed by atoms with E-state index in [1.807, 2.05) is 0 Å². The van der Waals surface area contributed by atoms with Gasteiger partial charge in [0.15, 0.2) is 0 Å². The smallest absolute Gasteiger partial charge is 0.326 e. The van der Waals surface area contributed by atoms with Crippen LogP contribution in [0.4, 0.5) is 0 Å². The number of hydrogen-bond acceptors (Lipinski definition) is 9. The largest absolute Gasteiger partial charge is 0.508 e. The Hall–Kier alpha value is -3.36. The van der Waals surface area contributed by atoms with Gasteiger partial charge in [0.1, 0.15) is 23.9 Å². The van der Waals surface area contributed by atoms with E-state index in [-0.39, 0.29) is 37.2 Å². The maximum atomic E-state index is 13.0.